The Kier molecular flexibility index (Phi) is 4.48. The Labute approximate surface area is 156 Å². The summed E-state index contributed by atoms with van der Waals surface area (Å²) in [6, 6.07) is 11.2. The van der Waals surface area contributed by atoms with Crippen molar-refractivity contribution in [3.63, 3.8) is 0 Å². The molecule has 3 aromatic rings. The molecule has 0 spiro atoms. The first-order valence-electron chi connectivity index (χ1n) is 9.02. The molecule has 0 bridgehead atoms. The first-order valence-corrected chi connectivity index (χ1v) is 9.02. The highest BCUT2D eigenvalue weighted by Crippen LogP contribution is 2.36. The molecule has 1 aliphatic rings. The number of aromatic nitrogens is 2. The van der Waals surface area contributed by atoms with Crippen LogP contribution >= 0.6 is 0 Å². The van der Waals surface area contributed by atoms with Gasteiger partial charge in [0.15, 0.2) is 0 Å². The van der Waals surface area contributed by atoms with Crippen LogP contribution in [-0.4, -0.2) is 34.1 Å². The maximum absolute atomic E-state index is 14.5. The van der Waals surface area contributed by atoms with Gasteiger partial charge in [-0.1, -0.05) is 35.9 Å². The van der Waals surface area contributed by atoms with Gasteiger partial charge in [0.1, 0.15) is 23.5 Å². The zero-order valence-corrected chi connectivity index (χ0v) is 15.0. The van der Waals surface area contributed by atoms with Crippen molar-refractivity contribution in [2.75, 3.05) is 18.0 Å². The quantitative estimate of drug-likeness (QED) is 0.759. The van der Waals surface area contributed by atoms with Gasteiger partial charge in [-0.05, 0) is 37.0 Å². The molecule has 0 radical (unpaired) electrons. The minimum atomic E-state index is -0.803. The van der Waals surface area contributed by atoms with Crippen LogP contribution in [0.15, 0.2) is 42.7 Å². The molecule has 138 valence electrons. The van der Waals surface area contributed by atoms with E-state index in [9.17, 15) is 14.3 Å². The molecular weight excluding hydrogens is 345 g/mol. The Balaban J connectivity index is 1.89. The average molecular weight is 365 g/mol. The van der Waals surface area contributed by atoms with Gasteiger partial charge >= 0.3 is 5.97 Å². The molecular formula is C21H20FN3O2. The highest BCUT2D eigenvalue weighted by atomic mass is 19.1. The van der Waals surface area contributed by atoms with Crippen LogP contribution in [0.1, 0.15) is 18.4 Å². The predicted octanol–water partition coefficient (Wildman–Crippen LogP) is 4.05. The van der Waals surface area contributed by atoms with Crippen LogP contribution in [0.4, 0.5) is 10.2 Å². The Bertz CT molecular complexity index is 1000. The van der Waals surface area contributed by atoms with Crippen molar-refractivity contribution < 1.29 is 14.3 Å². The number of hydrogen-bond acceptors (Lipinski definition) is 4. The van der Waals surface area contributed by atoms with Crippen molar-refractivity contribution in [3.8, 4) is 11.1 Å². The second kappa shape index (κ2) is 6.95. The molecule has 1 atom stereocenters. The number of aliphatic carboxylic acids is 1. The van der Waals surface area contributed by atoms with Crippen LogP contribution < -0.4 is 4.90 Å². The van der Waals surface area contributed by atoms with Crippen LogP contribution in [0.25, 0.3) is 22.0 Å². The van der Waals surface area contributed by atoms with E-state index in [1.54, 1.807) is 6.07 Å². The molecule has 6 heteroatoms. The minimum absolute atomic E-state index is 0.260. The highest BCUT2D eigenvalue weighted by Gasteiger charge is 2.28. The molecule has 1 fully saturated rings. The molecule has 2 aromatic carbocycles. The normalized spacial score (nSPS) is 17.3. The van der Waals surface area contributed by atoms with Crippen LogP contribution in [0, 0.1) is 18.7 Å². The summed E-state index contributed by atoms with van der Waals surface area (Å²) in [6.07, 6.45) is 2.76. The zero-order chi connectivity index (χ0) is 19.0. The third kappa shape index (κ3) is 3.23. The van der Waals surface area contributed by atoms with E-state index in [2.05, 4.69) is 9.97 Å². The van der Waals surface area contributed by atoms with Gasteiger partial charge < -0.3 is 10.0 Å². The van der Waals surface area contributed by atoms with E-state index in [0.717, 1.165) is 23.1 Å². The van der Waals surface area contributed by atoms with Gasteiger partial charge in [-0.15, -0.1) is 0 Å². The summed E-state index contributed by atoms with van der Waals surface area (Å²) in [5.41, 5.74) is 3.20. The van der Waals surface area contributed by atoms with Gasteiger partial charge in [0.2, 0.25) is 0 Å². The third-order valence-corrected chi connectivity index (χ3v) is 5.15. The maximum atomic E-state index is 14.5. The molecule has 0 aliphatic carbocycles. The summed E-state index contributed by atoms with van der Waals surface area (Å²) in [5.74, 6) is -1.06. The molecule has 4 rings (SSSR count). The van der Waals surface area contributed by atoms with E-state index in [1.165, 1.54) is 12.4 Å². The molecule has 0 amide bonds. The van der Waals surface area contributed by atoms with Crippen molar-refractivity contribution in [2.24, 2.45) is 5.92 Å². The smallest absolute Gasteiger partial charge is 0.308 e. The lowest BCUT2D eigenvalue weighted by Crippen LogP contribution is -2.39. The van der Waals surface area contributed by atoms with Crippen molar-refractivity contribution in [2.45, 2.75) is 19.8 Å². The molecule has 5 nitrogen and oxygen atoms in total. The molecule has 0 saturated carbocycles. The standard InChI is InChI=1S/C21H20FN3O2/c1-13-4-6-14(7-5-13)16-8-9-17(22)19-18(16)20(24-12-23-19)25-10-2-3-15(11-25)21(26)27/h4-9,12,15H,2-3,10-11H2,1H3,(H,26,27). The SMILES string of the molecule is Cc1ccc(-c2ccc(F)c3ncnc(N4CCCC(C(=O)O)C4)c23)cc1. The van der Waals surface area contributed by atoms with E-state index in [1.807, 2.05) is 36.1 Å². The molecule has 1 aromatic heterocycles. The molecule has 2 heterocycles. The summed E-state index contributed by atoms with van der Waals surface area (Å²) < 4.78 is 14.5. The monoisotopic (exact) mass is 365 g/mol. The van der Waals surface area contributed by atoms with E-state index in [-0.39, 0.29) is 5.52 Å². The molecule has 1 N–H and O–H groups in total. The lowest BCUT2D eigenvalue weighted by molar-refractivity contribution is -0.141. The summed E-state index contributed by atoms with van der Waals surface area (Å²) >= 11 is 0. The number of benzene rings is 2. The van der Waals surface area contributed by atoms with E-state index in [0.29, 0.717) is 30.7 Å². The number of fused-ring (bicyclic) bond motifs is 1. The van der Waals surface area contributed by atoms with E-state index in [4.69, 9.17) is 0 Å². The maximum Gasteiger partial charge on any atom is 0.308 e. The van der Waals surface area contributed by atoms with Crippen molar-refractivity contribution in [1.82, 2.24) is 9.97 Å². The first-order chi connectivity index (χ1) is 13.0. The van der Waals surface area contributed by atoms with Gasteiger partial charge in [0, 0.05) is 13.1 Å². The van der Waals surface area contributed by atoms with Crippen molar-refractivity contribution in [3.05, 3.63) is 54.1 Å². The average Bonchev–Trinajstić information content (AvgIpc) is 2.69. The Hall–Kier alpha value is -3.02. The second-order valence-electron chi connectivity index (χ2n) is 7.01. The van der Waals surface area contributed by atoms with Crippen LogP contribution in [0.5, 0.6) is 0 Å². The summed E-state index contributed by atoms with van der Waals surface area (Å²) in [6.45, 7) is 3.08. The fourth-order valence-corrected chi connectivity index (χ4v) is 3.71. The Morgan fingerprint density at radius 3 is 2.70 bits per heavy atom. The summed E-state index contributed by atoms with van der Waals surface area (Å²) in [7, 11) is 0. The fourth-order valence-electron chi connectivity index (χ4n) is 3.71. The number of aryl methyl sites for hydroxylation is 1. The minimum Gasteiger partial charge on any atom is -0.481 e. The predicted molar refractivity (Wildman–Crippen MR) is 102 cm³/mol. The zero-order valence-electron chi connectivity index (χ0n) is 15.0. The molecule has 1 unspecified atom stereocenters. The third-order valence-electron chi connectivity index (χ3n) is 5.15. The van der Waals surface area contributed by atoms with Gasteiger partial charge in [0.05, 0.1) is 11.3 Å². The molecule has 1 saturated heterocycles. The summed E-state index contributed by atoms with van der Waals surface area (Å²) in [4.78, 5) is 22.0. The van der Waals surface area contributed by atoms with E-state index < -0.39 is 17.7 Å². The van der Waals surface area contributed by atoms with E-state index >= 15 is 0 Å². The lowest BCUT2D eigenvalue weighted by Gasteiger charge is -2.32. The first kappa shape index (κ1) is 17.4. The van der Waals surface area contributed by atoms with Crippen LogP contribution in [0.2, 0.25) is 0 Å². The number of anilines is 1. The number of piperidine rings is 1. The lowest BCUT2D eigenvalue weighted by atomic mass is 9.96. The number of carboxylic acid groups (broad SMARTS) is 1. The number of rotatable bonds is 3. The molecule has 1 aliphatic heterocycles. The molecule has 27 heavy (non-hydrogen) atoms. The van der Waals surface area contributed by atoms with Crippen molar-refractivity contribution in [1.29, 1.82) is 0 Å². The number of nitrogens with zero attached hydrogens (tertiary/aromatic N) is 3. The Morgan fingerprint density at radius 1 is 1.19 bits per heavy atom. The van der Waals surface area contributed by atoms with Crippen molar-refractivity contribution >= 4 is 22.7 Å². The summed E-state index contributed by atoms with van der Waals surface area (Å²) in [5, 5.41) is 10.0. The highest BCUT2D eigenvalue weighted by molar-refractivity contribution is 6.02. The fraction of sp³-hybridized carbons (Fsp3) is 0.286. The topological polar surface area (TPSA) is 66.3 Å². The largest absolute Gasteiger partial charge is 0.481 e. The van der Waals surface area contributed by atoms with Crippen LogP contribution in [0.3, 0.4) is 0 Å². The van der Waals surface area contributed by atoms with Gasteiger partial charge in [-0.2, -0.15) is 0 Å². The van der Waals surface area contributed by atoms with Crippen LogP contribution in [-0.2, 0) is 4.79 Å². The van der Waals surface area contributed by atoms with Gasteiger partial charge in [0.25, 0.3) is 0 Å². The Morgan fingerprint density at radius 2 is 1.96 bits per heavy atom. The number of hydrogen-bond donors (Lipinski definition) is 1. The number of halogens is 1. The van der Waals surface area contributed by atoms with Gasteiger partial charge in [-0.3, -0.25) is 4.79 Å². The second-order valence-corrected chi connectivity index (χ2v) is 7.01. The number of carbonyl (C=O) groups is 1. The van der Waals surface area contributed by atoms with Gasteiger partial charge in [-0.25, -0.2) is 14.4 Å². The number of carboxylic acids is 1.